The van der Waals surface area contributed by atoms with Gasteiger partial charge in [-0.3, -0.25) is 0 Å². The van der Waals surface area contributed by atoms with Crippen LogP contribution in [0.1, 0.15) is 52.5 Å². The van der Waals surface area contributed by atoms with Crippen LogP contribution in [0, 0.1) is 6.92 Å². The van der Waals surface area contributed by atoms with Crippen molar-refractivity contribution in [2.24, 2.45) is 0 Å². The van der Waals surface area contributed by atoms with E-state index in [1.54, 1.807) is 42.7 Å². The first-order valence-corrected chi connectivity index (χ1v) is 16.3. The predicted octanol–water partition coefficient (Wildman–Crippen LogP) is 8.04. The first-order chi connectivity index (χ1) is 21.3. The molecule has 2 aromatic carbocycles. The Hall–Kier alpha value is -3.77. The summed E-state index contributed by atoms with van der Waals surface area (Å²) >= 11 is 0. The molecule has 1 fully saturated rings. The van der Waals surface area contributed by atoms with Crippen molar-refractivity contribution in [3.8, 4) is 22.9 Å². The lowest BCUT2D eigenvalue weighted by molar-refractivity contribution is -0.129. The maximum atomic E-state index is 12.6. The van der Waals surface area contributed by atoms with Crippen molar-refractivity contribution < 1.29 is 22.1 Å². The summed E-state index contributed by atoms with van der Waals surface area (Å²) in [6.45, 7) is 11.7. The molecule has 2 atom stereocenters. The molecule has 1 aliphatic rings. The zero-order valence-corrected chi connectivity index (χ0v) is 26.6. The first kappa shape index (κ1) is 34.7. The third kappa shape index (κ3) is 9.62. The van der Waals surface area contributed by atoms with Gasteiger partial charge in [-0.25, -0.2) is 19.2 Å². The van der Waals surface area contributed by atoms with Crippen LogP contribution in [-0.4, -0.2) is 50.2 Å². The molecule has 0 radical (unpaired) electrons. The number of pyridine rings is 1. The number of ether oxygens (including phenoxy) is 1. The Morgan fingerprint density at radius 1 is 1.02 bits per heavy atom. The zero-order valence-electron chi connectivity index (χ0n) is 25.8. The maximum Gasteiger partial charge on any atom is 0.390 e. The SMILES string of the molecule is CC.CC.Cc1cc(NS(=O)CCC(F)(F)F)c2ccccc2c1Oc1ncccc1-c1ccnc(NC2CCCNC2)n1. The molecule has 12 heteroatoms. The number of nitrogens with zero attached hydrogens (tertiary/aromatic N) is 3. The second-order valence-electron chi connectivity index (χ2n) is 9.54. The lowest BCUT2D eigenvalue weighted by Crippen LogP contribution is -2.38. The summed E-state index contributed by atoms with van der Waals surface area (Å²) in [4.78, 5) is 13.6. The molecule has 0 saturated carbocycles. The molecule has 0 amide bonds. The minimum atomic E-state index is -4.37. The van der Waals surface area contributed by atoms with Gasteiger partial charge in [0.1, 0.15) is 16.7 Å². The van der Waals surface area contributed by atoms with E-state index in [0.717, 1.165) is 25.9 Å². The molecular weight excluding hydrogens is 589 g/mol. The molecule has 3 heterocycles. The van der Waals surface area contributed by atoms with E-state index in [2.05, 4.69) is 25.3 Å². The monoisotopic (exact) mass is 630 g/mol. The fourth-order valence-electron chi connectivity index (χ4n) is 4.59. The van der Waals surface area contributed by atoms with E-state index in [4.69, 9.17) is 9.72 Å². The maximum absolute atomic E-state index is 12.6. The second-order valence-corrected chi connectivity index (χ2v) is 10.8. The van der Waals surface area contributed by atoms with Gasteiger partial charge in [0.25, 0.3) is 0 Å². The first-order valence-electron chi connectivity index (χ1n) is 14.9. The van der Waals surface area contributed by atoms with Crippen molar-refractivity contribution in [1.82, 2.24) is 20.3 Å². The van der Waals surface area contributed by atoms with Gasteiger partial charge >= 0.3 is 6.18 Å². The average Bonchev–Trinajstić information content (AvgIpc) is 3.04. The third-order valence-corrected chi connectivity index (χ3v) is 7.53. The quantitative estimate of drug-likeness (QED) is 0.172. The molecule has 238 valence electrons. The van der Waals surface area contributed by atoms with Crippen LogP contribution >= 0.6 is 0 Å². The molecule has 3 N–H and O–H groups in total. The van der Waals surface area contributed by atoms with Gasteiger partial charge in [0.2, 0.25) is 11.8 Å². The molecule has 1 aliphatic heterocycles. The molecule has 5 rings (SSSR count). The van der Waals surface area contributed by atoms with Crippen molar-refractivity contribution in [2.75, 3.05) is 28.9 Å². The van der Waals surface area contributed by atoms with Gasteiger partial charge in [-0.05, 0) is 56.1 Å². The summed E-state index contributed by atoms with van der Waals surface area (Å²) in [5.41, 5.74) is 2.48. The van der Waals surface area contributed by atoms with E-state index in [1.807, 2.05) is 52.8 Å². The number of rotatable bonds is 9. The van der Waals surface area contributed by atoms with Gasteiger partial charge in [-0.2, -0.15) is 13.2 Å². The van der Waals surface area contributed by atoms with Crippen molar-refractivity contribution in [3.05, 3.63) is 66.5 Å². The minimum absolute atomic E-state index is 0.248. The largest absolute Gasteiger partial charge is 0.437 e. The highest BCUT2D eigenvalue weighted by Gasteiger charge is 2.28. The van der Waals surface area contributed by atoms with Crippen LogP contribution in [-0.2, 0) is 11.0 Å². The summed E-state index contributed by atoms with van der Waals surface area (Å²) in [6.07, 6.45) is -0.0637. The van der Waals surface area contributed by atoms with Gasteiger partial charge in [-0.15, -0.1) is 0 Å². The number of anilines is 2. The van der Waals surface area contributed by atoms with Crippen molar-refractivity contribution in [3.63, 3.8) is 0 Å². The van der Waals surface area contributed by atoms with Gasteiger partial charge in [-0.1, -0.05) is 52.0 Å². The molecule has 0 aliphatic carbocycles. The molecule has 4 aromatic rings. The highest BCUT2D eigenvalue weighted by atomic mass is 32.2. The molecule has 8 nitrogen and oxygen atoms in total. The molecule has 2 aromatic heterocycles. The van der Waals surface area contributed by atoms with Crippen LogP contribution in [0.2, 0.25) is 0 Å². The number of alkyl halides is 3. The number of fused-ring (bicyclic) bond motifs is 1. The molecule has 0 bridgehead atoms. The zero-order chi connectivity index (χ0) is 32.1. The Balaban J connectivity index is 0.00000127. The van der Waals surface area contributed by atoms with Crippen LogP contribution < -0.4 is 20.1 Å². The number of aromatic nitrogens is 3. The Bertz CT molecular complexity index is 1510. The predicted molar refractivity (Wildman–Crippen MR) is 174 cm³/mol. The molecule has 44 heavy (non-hydrogen) atoms. The lowest BCUT2D eigenvalue weighted by atomic mass is 10.0. The number of nitrogens with one attached hydrogen (secondary N) is 3. The highest BCUT2D eigenvalue weighted by Crippen LogP contribution is 2.39. The normalized spacial score (nSPS) is 15.2. The van der Waals surface area contributed by atoms with Gasteiger partial charge in [0.05, 0.1) is 29.1 Å². The summed E-state index contributed by atoms with van der Waals surface area (Å²) < 4.78 is 59.4. The van der Waals surface area contributed by atoms with E-state index in [-0.39, 0.29) is 6.04 Å². The van der Waals surface area contributed by atoms with Crippen molar-refractivity contribution in [1.29, 1.82) is 0 Å². The van der Waals surface area contributed by atoms with Crippen LogP contribution in [0.25, 0.3) is 22.0 Å². The van der Waals surface area contributed by atoms with Crippen LogP contribution in [0.3, 0.4) is 0 Å². The van der Waals surface area contributed by atoms with Crippen molar-refractivity contribution >= 4 is 33.4 Å². The van der Waals surface area contributed by atoms with Gasteiger partial charge in [0, 0.05) is 35.8 Å². The van der Waals surface area contributed by atoms with Crippen LogP contribution in [0.4, 0.5) is 24.8 Å². The molecule has 0 spiro atoms. The third-order valence-electron chi connectivity index (χ3n) is 6.51. The fourth-order valence-corrected chi connectivity index (χ4v) is 5.52. The molecule has 2 unspecified atom stereocenters. The van der Waals surface area contributed by atoms with E-state index >= 15 is 0 Å². The topological polar surface area (TPSA) is 101 Å². The summed E-state index contributed by atoms with van der Waals surface area (Å²) in [7, 11) is -1.91. The molecular formula is C32H41F3N6O2S. The number of aryl methyl sites for hydroxylation is 1. The van der Waals surface area contributed by atoms with E-state index in [9.17, 15) is 17.4 Å². The number of piperidine rings is 1. The average molecular weight is 631 g/mol. The fraction of sp³-hybridized carbons (Fsp3) is 0.406. The number of halogens is 3. The smallest absolute Gasteiger partial charge is 0.390 e. The Morgan fingerprint density at radius 2 is 1.77 bits per heavy atom. The van der Waals surface area contributed by atoms with Crippen molar-refractivity contribution in [2.45, 2.75) is 66.1 Å². The number of hydrogen-bond acceptors (Lipinski definition) is 7. The van der Waals surface area contributed by atoms with Crippen LogP contribution in [0.15, 0.2) is 60.9 Å². The van der Waals surface area contributed by atoms with E-state index in [0.29, 0.717) is 50.9 Å². The van der Waals surface area contributed by atoms with Gasteiger partial charge in [0.15, 0.2) is 0 Å². The highest BCUT2D eigenvalue weighted by molar-refractivity contribution is 7.86. The summed E-state index contributed by atoms with van der Waals surface area (Å²) in [5, 5.41) is 8.12. The van der Waals surface area contributed by atoms with E-state index < -0.39 is 29.3 Å². The minimum Gasteiger partial charge on any atom is -0.437 e. The van der Waals surface area contributed by atoms with Crippen LogP contribution in [0.5, 0.6) is 11.6 Å². The Labute approximate surface area is 259 Å². The van der Waals surface area contributed by atoms with E-state index in [1.165, 1.54) is 0 Å². The number of hydrogen-bond donors (Lipinski definition) is 3. The number of benzene rings is 2. The Kier molecular flexibility index (Phi) is 13.3. The van der Waals surface area contributed by atoms with Gasteiger partial charge < -0.3 is 20.1 Å². The summed E-state index contributed by atoms with van der Waals surface area (Å²) in [6, 6.07) is 14.7. The second kappa shape index (κ2) is 16.9. The standard InChI is InChI=1S/C28H29F3N6O2S.2C2H6/c1-18-16-24(37-40(38)15-11-28(29,30)31)20-7-2-3-8-21(20)25(18)39-26-22(9-5-13-33-26)23-10-14-34-27(36-23)35-19-6-4-12-32-17-19;2*1-2/h2-3,5,7-10,13-14,16,19,32,37H,4,6,11-12,15,17H2,1H3,(H,34,35,36);2*1-2H3. The molecule has 1 saturated heterocycles. The summed E-state index contributed by atoms with van der Waals surface area (Å²) in [5.74, 6) is 0.855. The Morgan fingerprint density at radius 3 is 2.48 bits per heavy atom. The lowest BCUT2D eigenvalue weighted by Gasteiger charge is -2.23.